The van der Waals surface area contributed by atoms with Crippen LogP contribution < -0.4 is 19.5 Å². The zero-order valence-corrected chi connectivity index (χ0v) is 11.6. The smallest absolute Gasteiger partial charge is 0.203 e. The lowest BCUT2D eigenvalue weighted by atomic mass is 10.2. The second-order valence-corrected chi connectivity index (χ2v) is 2.94. The Morgan fingerprint density at radius 3 is 1.71 bits per heavy atom. The summed E-state index contributed by atoms with van der Waals surface area (Å²) in [6.07, 6.45) is 0. The van der Waals surface area contributed by atoms with E-state index in [2.05, 4.69) is 5.32 Å². The molecule has 0 aliphatic carbocycles. The topological polar surface area (TPSA) is 39.7 Å². The molecule has 0 radical (unpaired) electrons. The van der Waals surface area contributed by atoms with E-state index in [9.17, 15) is 0 Å². The maximum Gasteiger partial charge on any atom is 0.203 e. The van der Waals surface area contributed by atoms with Gasteiger partial charge in [0.1, 0.15) is 0 Å². The van der Waals surface area contributed by atoms with Crippen LogP contribution in [-0.4, -0.2) is 27.9 Å². The highest BCUT2D eigenvalue weighted by atomic mass is 16.5. The summed E-state index contributed by atoms with van der Waals surface area (Å²) < 4.78 is 15.7. The molecule has 0 fully saturated rings. The lowest BCUT2D eigenvalue weighted by molar-refractivity contribution is 0.324. The van der Waals surface area contributed by atoms with Crippen LogP contribution >= 0.6 is 0 Å². The fourth-order valence-electron chi connectivity index (χ4n) is 1.39. The molecule has 0 aliphatic rings. The molecule has 0 atom stereocenters. The normalized spacial score (nSPS) is 8.82. The third kappa shape index (κ3) is 4.06. The predicted octanol–water partition coefficient (Wildman–Crippen LogP) is 3.17. The van der Waals surface area contributed by atoms with Crippen molar-refractivity contribution >= 4 is 5.69 Å². The molecule has 0 unspecified atom stereocenters. The zero-order chi connectivity index (χ0) is 13.3. The van der Waals surface area contributed by atoms with Crippen molar-refractivity contribution in [3.63, 3.8) is 0 Å². The van der Waals surface area contributed by atoms with Crippen molar-refractivity contribution in [1.82, 2.24) is 0 Å². The second-order valence-electron chi connectivity index (χ2n) is 2.94. The third-order valence-corrected chi connectivity index (χ3v) is 2.05. The predicted molar refractivity (Wildman–Crippen MR) is 71.6 cm³/mol. The van der Waals surface area contributed by atoms with Crippen molar-refractivity contribution in [2.75, 3.05) is 33.2 Å². The molecule has 1 N–H and O–H groups in total. The van der Waals surface area contributed by atoms with Gasteiger partial charge in [-0.05, 0) is 6.92 Å². The van der Waals surface area contributed by atoms with Crippen LogP contribution in [0.25, 0.3) is 0 Å². The minimum Gasteiger partial charge on any atom is -0.493 e. The molecule has 0 aliphatic heterocycles. The Bertz CT molecular complexity index is 301. The minimum atomic E-state index is 0.613. The number of hydrogen-bond donors (Lipinski definition) is 1. The molecule has 0 amide bonds. The molecular weight excluding hydrogens is 218 g/mol. The zero-order valence-electron chi connectivity index (χ0n) is 11.6. The molecule has 1 rings (SSSR count). The van der Waals surface area contributed by atoms with Crippen molar-refractivity contribution in [1.29, 1.82) is 0 Å². The summed E-state index contributed by atoms with van der Waals surface area (Å²) in [5, 5.41) is 3.19. The molecule has 0 bridgehead atoms. The Morgan fingerprint density at radius 2 is 1.41 bits per heavy atom. The first-order valence-corrected chi connectivity index (χ1v) is 5.80. The first-order chi connectivity index (χ1) is 8.26. The number of nitrogens with one attached hydrogen (secondary N) is 1. The summed E-state index contributed by atoms with van der Waals surface area (Å²) in [7, 11) is 4.80. The highest BCUT2D eigenvalue weighted by Gasteiger charge is 2.12. The largest absolute Gasteiger partial charge is 0.493 e. The average molecular weight is 241 g/mol. The van der Waals surface area contributed by atoms with E-state index in [0.29, 0.717) is 17.2 Å². The van der Waals surface area contributed by atoms with Gasteiger partial charge in [0.15, 0.2) is 11.5 Å². The first-order valence-electron chi connectivity index (χ1n) is 5.80. The van der Waals surface area contributed by atoms with Gasteiger partial charge in [0, 0.05) is 24.4 Å². The van der Waals surface area contributed by atoms with Gasteiger partial charge in [-0.2, -0.15) is 0 Å². The fourth-order valence-corrected chi connectivity index (χ4v) is 1.39. The summed E-state index contributed by atoms with van der Waals surface area (Å²) in [5.41, 5.74) is 0.951. The summed E-state index contributed by atoms with van der Waals surface area (Å²) >= 11 is 0. The first kappa shape index (κ1) is 15.4. The molecule has 1 aromatic rings. The van der Waals surface area contributed by atoms with E-state index in [-0.39, 0.29) is 0 Å². The summed E-state index contributed by atoms with van der Waals surface area (Å²) in [6, 6.07) is 3.76. The molecular formula is C13H23NO3. The molecule has 0 spiro atoms. The van der Waals surface area contributed by atoms with Crippen molar-refractivity contribution in [3.05, 3.63) is 12.1 Å². The Balaban J connectivity index is 0.00000121. The van der Waals surface area contributed by atoms with Gasteiger partial charge in [0.25, 0.3) is 0 Å². The van der Waals surface area contributed by atoms with Gasteiger partial charge in [-0.3, -0.25) is 0 Å². The number of anilines is 1. The van der Waals surface area contributed by atoms with E-state index >= 15 is 0 Å². The molecule has 4 heteroatoms. The van der Waals surface area contributed by atoms with Crippen molar-refractivity contribution < 1.29 is 14.2 Å². The quantitative estimate of drug-likeness (QED) is 0.859. The van der Waals surface area contributed by atoms with Crippen LogP contribution in [-0.2, 0) is 0 Å². The van der Waals surface area contributed by atoms with Crippen molar-refractivity contribution in [2.24, 2.45) is 0 Å². The summed E-state index contributed by atoms with van der Waals surface area (Å²) in [5.74, 6) is 1.93. The Labute approximate surface area is 104 Å². The lowest BCUT2D eigenvalue weighted by Crippen LogP contribution is -2.00. The lowest BCUT2D eigenvalue weighted by Gasteiger charge is -2.14. The van der Waals surface area contributed by atoms with Crippen molar-refractivity contribution in [3.8, 4) is 17.2 Å². The maximum atomic E-state index is 5.22. The highest BCUT2D eigenvalue weighted by Crippen LogP contribution is 2.39. The Morgan fingerprint density at radius 1 is 0.941 bits per heavy atom. The Hall–Kier alpha value is -1.58. The number of hydrogen-bond acceptors (Lipinski definition) is 4. The summed E-state index contributed by atoms with van der Waals surface area (Å²) in [4.78, 5) is 0. The van der Waals surface area contributed by atoms with Crippen LogP contribution in [0, 0.1) is 0 Å². The number of methoxy groups -OCH3 is 3. The van der Waals surface area contributed by atoms with E-state index in [1.807, 2.05) is 32.9 Å². The monoisotopic (exact) mass is 241 g/mol. The minimum absolute atomic E-state index is 0.613. The van der Waals surface area contributed by atoms with Crippen LogP contribution in [0.2, 0.25) is 0 Å². The molecule has 17 heavy (non-hydrogen) atoms. The number of rotatable bonds is 5. The van der Waals surface area contributed by atoms with E-state index in [0.717, 1.165) is 12.2 Å². The third-order valence-electron chi connectivity index (χ3n) is 2.05. The van der Waals surface area contributed by atoms with Gasteiger partial charge in [0.2, 0.25) is 5.75 Å². The van der Waals surface area contributed by atoms with Crippen LogP contribution in [0.15, 0.2) is 12.1 Å². The molecule has 4 nitrogen and oxygen atoms in total. The van der Waals surface area contributed by atoms with Gasteiger partial charge < -0.3 is 19.5 Å². The molecule has 0 heterocycles. The van der Waals surface area contributed by atoms with Crippen LogP contribution in [0.5, 0.6) is 17.2 Å². The number of ether oxygens (including phenoxy) is 3. The molecule has 1 aromatic carbocycles. The van der Waals surface area contributed by atoms with E-state index in [4.69, 9.17) is 14.2 Å². The van der Waals surface area contributed by atoms with Gasteiger partial charge >= 0.3 is 0 Å². The van der Waals surface area contributed by atoms with E-state index in [1.165, 1.54) is 0 Å². The van der Waals surface area contributed by atoms with E-state index in [1.54, 1.807) is 21.3 Å². The standard InChI is InChI=1S/C11H17NO3.C2H6/c1-5-12-8-6-9(13-2)11(15-4)10(7-8)14-3;1-2/h6-7,12H,5H2,1-4H3;1-2H3. The Kier molecular flexibility index (Phi) is 7.76. The highest BCUT2D eigenvalue weighted by molar-refractivity contribution is 5.62. The second kappa shape index (κ2) is 8.56. The van der Waals surface area contributed by atoms with Crippen molar-refractivity contribution in [2.45, 2.75) is 20.8 Å². The van der Waals surface area contributed by atoms with Gasteiger partial charge in [-0.15, -0.1) is 0 Å². The summed E-state index contributed by atoms with van der Waals surface area (Å²) in [6.45, 7) is 6.88. The average Bonchev–Trinajstić information content (AvgIpc) is 2.40. The van der Waals surface area contributed by atoms with Crippen LogP contribution in [0.4, 0.5) is 5.69 Å². The van der Waals surface area contributed by atoms with E-state index < -0.39 is 0 Å². The van der Waals surface area contributed by atoms with Gasteiger partial charge in [-0.25, -0.2) is 0 Å². The molecule has 98 valence electrons. The van der Waals surface area contributed by atoms with Crippen LogP contribution in [0.1, 0.15) is 20.8 Å². The number of benzene rings is 1. The molecule has 0 aromatic heterocycles. The fraction of sp³-hybridized carbons (Fsp3) is 0.538. The van der Waals surface area contributed by atoms with Gasteiger partial charge in [-0.1, -0.05) is 13.8 Å². The van der Waals surface area contributed by atoms with Gasteiger partial charge in [0.05, 0.1) is 21.3 Å². The maximum absolute atomic E-state index is 5.22. The molecule has 0 saturated carbocycles. The molecule has 0 saturated heterocycles. The van der Waals surface area contributed by atoms with Crippen LogP contribution in [0.3, 0.4) is 0 Å². The SMILES string of the molecule is CC.CCNc1cc(OC)c(OC)c(OC)c1.